The van der Waals surface area contributed by atoms with Gasteiger partial charge in [-0.1, -0.05) is 442 Å². The van der Waals surface area contributed by atoms with Gasteiger partial charge >= 0.3 is 0 Å². The third-order valence-electron chi connectivity index (χ3n) is 26.3. The van der Waals surface area contributed by atoms with Crippen LogP contribution in [0.3, 0.4) is 0 Å². The summed E-state index contributed by atoms with van der Waals surface area (Å²) in [6.07, 6.45) is 18.4. The first-order valence-corrected chi connectivity index (χ1v) is 46.3. The number of aryl methyl sites for hydroxylation is 6. The van der Waals surface area contributed by atoms with Gasteiger partial charge in [0.2, 0.25) is 0 Å². The molecule has 0 nitrogen and oxygen atoms in total. The van der Waals surface area contributed by atoms with Gasteiger partial charge in [0, 0.05) is 33.4 Å². The smallest absolute Gasteiger partial charge is 0.0588 e. The van der Waals surface area contributed by atoms with Gasteiger partial charge in [-0.15, -0.1) is 0 Å². The van der Waals surface area contributed by atoms with Crippen LogP contribution in [0.5, 0.6) is 0 Å². The first-order chi connectivity index (χ1) is 62.4. The van der Waals surface area contributed by atoms with E-state index in [-0.39, 0.29) is 0 Å². The standard InChI is InChI=1S/C126H102/c1-7-13-43-85-91-49-19-31-61-103(91)115(104-62-32-20-50-92(85)104)73-79-121-122(80-74-116-105-63-33-21-51-93(105)86(44-14-8-2)94-52-22-34-64-106(94)116)124(82-76-118-109-67-37-25-55-97(109)88(46-16-10-4)98-56-26-38-68-110(98)118)126(84-78-120-113-71-41-29-59-101(113)90(48-18-12-6)102-60-30-42-72-114(102)120)125(83-77-119-111-69-39-27-57-99(111)89(47-17-11-5)100-58-28-40-70-112(100)119)123(121)81-75-117-107-65-35-23-53-95(107)87(45-15-9-3)96-54-24-36-66-108(96)117/h19-42,49-72H,7-18,43-48H2,1-6H3. The van der Waals surface area contributed by atoms with E-state index in [0.29, 0.717) is 33.4 Å². The Hall–Kier alpha value is -14.3. The molecule has 0 aliphatic rings. The predicted octanol–water partition coefficient (Wildman–Crippen LogP) is 32.0. The van der Waals surface area contributed by atoms with Gasteiger partial charge in [-0.05, 0) is 240 Å². The number of hydrogen-bond donors (Lipinski definition) is 0. The van der Waals surface area contributed by atoms with Crippen LogP contribution >= 0.6 is 0 Å². The van der Waals surface area contributed by atoms with Crippen LogP contribution in [-0.4, -0.2) is 0 Å². The topological polar surface area (TPSA) is 0 Å². The number of benzene rings is 19. The van der Waals surface area contributed by atoms with Crippen molar-refractivity contribution in [3.8, 4) is 71.0 Å². The zero-order chi connectivity index (χ0) is 85.4. The van der Waals surface area contributed by atoms with Crippen molar-refractivity contribution in [2.45, 2.75) is 157 Å². The number of rotatable bonds is 18. The second-order valence-corrected chi connectivity index (χ2v) is 34.0. The van der Waals surface area contributed by atoms with E-state index in [2.05, 4.69) is 404 Å². The molecular formula is C126H102. The Morgan fingerprint density at radius 1 is 0.119 bits per heavy atom. The summed E-state index contributed by atoms with van der Waals surface area (Å²) in [5, 5.41) is 27.7. The van der Waals surface area contributed by atoms with E-state index in [1.54, 1.807) is 0 Å². The molecule has 0 amide bonds. The molecule has 0 unspecified atom stereocenters. The van der Waals surface area contributed by atoms with E-state index in [9.17, 15) is 0 Å². The molecule has 0 N–H and O–H groups in total. The maximum absolute atomic E-state index is 4.21. The fourth-order valence-electron chi connectivity index (χ4n) is 20.1. The molecule has 0 heteroatoms. The average molecular weight is 1620 g/mol. The van der Waals surface area contributed by atoms with E-state index in [1.165, 1.54) is 98.0 Å². The van der Waals surface area contributed by atoms with Crippen molar-refractivity contribution in [2.24, 2.45) is 0 Å². The second-order valence-electron chi connectivity index (χ2n) is 34.0. The van der Waals surface area contributed by atoms with Crippen molar-refractivity contribution in [1.29, 1.82) is 0 Å². The molecule has 19 aromatic carbocycles. The van der Waals surface area contributed by atoms with Gasteiger partial charge in [0.25, 0.3) is 0 Å². The first kappa shape index (κ1) is 81.3. The highest BCUT2D eigenvalue weighted by molar-refractivity contribution is 6.14. The molecule has 0 aromatic heterocycles. The van der Waals surface area contributed by atoms with Crippen molar-refractivity contribution < 1.29 is 0 Å². The summed E-state index contributed by atoms with van der Waals surface area (Å²) in [7, 11) is 0. The zero-order valence-electron chi connectivity index (χ0n) is 73.4. The van der Waals surface area contributed by atoms with E-state index in [1.807, 2.05) is 0 Å². The average Bonchev–Trinajstić information content (AvgIpc) is 0.740. The van der Waals surface area contributed by atoms with Crippen molar-refractivity contribution >= 4 is 129 Å². The maximum atomic E-state index is 4.21. The van der Waals surface area contributed by atoms with Crippen molar-refractivity contribution in [1.82, 2.24) is 0 Å². The summed E-state index contributed by atoms with van der Waals surface area (Å²) in [6, 6.07) is 108. The molecule has 0 saturated carbocycles. The summed E-state index contributed by atoms with van der Waals surface area (Å²) < 4.78 is 0. The maximum Gasteiger partial charge on any atom is 0.0588 e. The van der Waals surface area contributed by atoms with Crippen LogP contribution in [0.1, 0.15) is 219 Å². The van der Waals surface area contributed by atoms with Crippen LogP contribution in [-0.2, 0) is 38.5 Å². The van der Waals surface area contributed by atoms with Gasteiger partial charge in [0.05, 0.1) is 33.4 Å². The molecule has 19 rings (SSSR count). The molecule has 0 saturated heterocycles. The number of hydrogen-bond acceptors (Lipinski definition) is 0. The predicted molar refractivity (Wildman–Crippen MR) is 543 cm³/mol. The summed E-state index contributed by atoms with van der Waals surface area (Å²) in [5.74, 6) is 50.1. The molecule has 0 heterocycles. The molecule has 606 valence electrons. The highest BCUT2D eigenvalue weighted by atomic mass is 14.3. The molecule has 19 aromatic rings. The Bertz CT molecular complexity index is 6430. The van der Waals surface area contributed by atoms with Crippen molar-refractivity contribution in [3.63, 3.8) is 0 Å². The summed E-state index contributed by atoms with van der Waals surface area (Å²) in [5.41, 5.74) is 17.5. The Kier molecular flexibility index (Phi) is 23.9. The number of fused-ring (bicyclic) bond motifs is 12. The second kappa shape index (κ2) is 37.0. The van der Waals surface area contributed by atoms with Gasteiger partial charge in [0.15, 0.2) is 0 Å². The summed E-state index contributed by atoms with van der Waals surface area (Å²) in [6.45, 7) is 13.7. The van der Waals surface area contributed by atoms with E-state index >= 15 is 0 Å². The van der Waals surface area contributed by atoms with Crippen molar-refractivity contribution in [3.05, 3.63) is 391 Å². The summed E-state index contributed by atoms with van der Waals surface area (Å²) >= 11 is 0. The third kappa shape index (κ3) is 15.2. The van der Waals surface area contributed by atoms with Gasteiger partial charge < -0.3 is 0 Å². The molecule has 0 fully saturated rings. The van der Waals surface area contributed by atoms with E-state index in [0.717, 1.165) is 214 Å². The lowest BCUT2D eigenvalue weighted by atomic mass is 9.84. The van der Waals surface area contributed by atoms with Crippen LogP contribution in [0.2, 0.25) is 0 Å². The lowest BCUT2D eigenvalue weighted by molar-refractivity contribution is 0.802. The lowest BCUT2D eigenvalue weighted by Crippen LogP contribution is -2.06. The third-order valence-corrected chi connectivity index (χ3v) is 26.3. The molecule has 0 atom stereocenters. The summed E-state index contributed by atoms with van der Waals surface area (Å²) in [4.78, 5) is 0. The molecule has 126 heavy (non-hydrogen) atoms. The van der Waals surface area contributed by atoms with Crippen LogP contribution < -0.4 is 0 Å². The Balaban J connectivity index is 1.08. The monoisotopic (exact) mass is 1610 g/mol. The zero-order valence-corrected chi connectivity index (χ0v) is 73.4. The Labute approximate surface area is 743 Å². The largest absolute Gasteiger partial charge is 0.0654 e. The molecule has 0 radical (unpaired) electrons. The van der Waals surface area contributed by atoms with Gasteiger partial charge in [-0.2, -0.15) is 0 Å². The Morgan fingerprint density at radius 2 is 0.206 bits per heavy atom. The van der Waals surface area contributed by atoms with Crippen LogP contribution in [0, 0.1) is 71.0 Å². The minimum atomic E-state index is 0.629. The van der Waals surface area contributed by atoms with Crippen LogP contribution in [0.25, 0.3) is 129 Å². The molecule has 0 aliphatic carbocycles. The van der Waals surface area contributed by atoms with Gasteiger partial charge in [-0.3, -0.25) is 0 Å². The minimum Gasteiger partial charge on any atom is -0.0654 e. The van der Waals surface area contributed by atoms with Gasteiger partial charge in [0.1, 0.15) is 0 Å². The first-order valence-electron chi connectivity index (χ1n) is 46.3. The highest BCUT2D eigenvalue weighted by Crippen LogP contribution is 2.43. The van der Waals surface area contributed by atoms with Crippen LogP contribution in [0.15, 0.2) is 291 Å². The molecule has 0 aliphatic heterocycles. The Morgan fingerprint density at radius 3 is 0.302 bits per heavy atom. The quantitative estimate of drug-likeness (QED) is 0.0593. The number of unbranched alkanes of at least 4 members (excludes halogenated alkanes) is 6. The fraction of sp³-hybridized carbons (Fsp3) is 0.190. The van der Waals surface area contributed by atoms with Gasteiger partial charge in [-0.25, -0.2) is 0 Å². The highest BCUT2D eigenvalue weighted by Gasteiger charge is 2.26. The molecule has 0 bridgehead atoms. The van der Waals surface area contributed by atoms with E-state index < -0.39 is 0 Å². The van der Waals surface area contributed by atoms with Crippen LogP contribution in [0.4, 0.5) is 0 Å². The lowest BCUT2D eigenvalue weighted by Gasteiger charge is -2.16. The minimum absolute atomic E-state index is 0.629. The SMILES string of the molecule is CCCCc1c2ccccc2c(C#Cc2c(C#Cc3c4ccccc4c(CCCC)c4ccccc34)c(C#Cc3c4ccccc4c(CCCC)c4ccccc34)c(C#Cc3c4ccccc4c(CCCC)c4ccccc34)c(C#Cc3c4ccccc4c(CCCC)c4ccccc34)c2C#Cc2c3ccccc3c(CCCC)c3ccccc23)c2ccccc12. The molecule has 0 spiro atoms. The fourth-order valence-corrected chi connectivity index (χ4v) is 20.1. The van der Waals surface area contributed by atoms with Crippen molar-refractivity contribution in [2.75, 3.05) is 0 Å². The normalized spacial score (nSPS) is 11.3. The van der Waals surface area contributed by atoms with E-state index in [4.69, 9.17) is 0 Å². The molecular weight excluding hydrogens is 1510 g/mol.